The number of aromatic nitrogens is 1. The molecule has 0 aliphatic carbocycles. The molecule has 152 valence electrons. The Kier molecular flexibility index (Phi) is 6.02. The molecule has 0 saturated heterocycles. The third-order valence-corrected chi connectivity index (χ3v) is 5.65. The predicted octanol–water partition coefficient (Wildman–Crippen LogP) is 4.99. The third-order valence-electron chi connectivity index (χ3n) is 5.65. The van der Waals surface area contributed by atoms with Crippen molar-refractivity contribution in [1.29, 1.82) is 0 Å². The van der Waals surface area contributed by atoms with Crippen LogP contribution >= 0.6 is 0 Å². The van der Waals surface area contributed by atoms with Crippen LogP contribution in [0.5, 0.6) is 5.75 Å². The molecule has 3 aromatic rings. The van der Waals surface area contributed by atoms with E-state index in [2.05, 4.69) is 41.2 Å². The lowest BCUT2D eigenvalue weighted by atomic mass is 9.98. The van der Waals surface area contributed by atoms with Crippen LogP contribution in [0.3, 0.4) is 0 Å². The summed E-state index contributed by atoms with van der Waals surface area (Å²) in [5.74, 6) is 3.37. The van der Waals surface area contributed by atoms with Crippen LogP contribution in [0.2, 0.25) is 0 Å². The van der Waals surface area contributed by atoms with Crippen LogP contribution in [0.4, 0.5) is 0 Å². The number of nitrogens with zero attached hydrogens (tertiary/aromatic N) is 2. The first-order valence-corrected chi connectivity index (χ1v) is 10.3. The van der Waals surface area contributed by atoms with Crippen molar-refractivity contribution in [1.82, 2.24) is 9.47 Å². The lowest BCUT2D eigenvalue weighted by molar-refractivity contribution is 0.0910. The summed E-state index contributed by atoms with van der Waals surface area (Å²) in [4.78, 5) is 15.2. The highest BCUT2D eigenvalue weighted by Crippen LogP contribution is 2.33. The van der Waals surface area contributed by atoms with Gasteiger partial charge in [0, 0.05) is 49.6 Å². The van der Waals surface area contributed by atoms with E-state index in [-0.39, 0.29) is 5.91 Å². The number of rotatable bonds is 6. The van der Waals surface area contributed by atoms with Crippen LogP contribution in [0.1, 0.15) is 35.2 Å². The van der Waals surface area contributed by atoms with Crippen LogP contribution in [0.15, 0.2) is 60.8 Å². The largest absolute Gasteiger partial charge is 0.497 e. The number of carbonyl (C=O) groups is 1. The molecule has 0 radical (unpaired) electrons. The molecule has 0 N–H and O–H groups in total. The highest BCUT2D eigenvalue weighted by Gasteiger charge is 2.20. The Morgan fingerprint density at radius 2 is 2.03 bits per heavy atom. The van der Waals surface area contributed by atoms with Crippen molar-refractivity contribution in [3.05, 3.63) is 71.9 Å². The van der Waals surface area contributed by atoms with Crippen LogP contribution in [0.25, 0.3) is 16.5 Å². The van der Waals surface area contributed by atoms with E-state index >= 15 is 0 Å². The van der Waals surface area contributed by atoms with Crippen LogP contribution in [-0.2, 0) is 6.54 Å². The molecule has 0 saturated carbocycles. The monoisotopic (exact) mass is 398 g/mol. The maximum atomic E-state index is 12.7. The Hall–Kier alpha value is -3.29. The summed E-state index contributed by atoms with van der Waals surface area (Å²) >= 11 is 0. The molecule has 4 nitrogen and oxygen atoms in total. The van der Waals surface area contributed by atoms with E-state index in [1.54, 1.807) is 11.7 Å². The summed E-state index contributed by atoms with van der Waals surface area (Å²) in [6.07, 6.45) is 11.4. The van der Waals surface area contributed by atoms with E-state index in [9.17, 15) is 4.79 Å². The number of terminal acetylenes is 1. The first kappa shape index (κ1) is 20.0. The molecular formula is C26H26N2O2. The van der Waals surface area contributed by atoms with Crippen molar-refractivity contribution in [3.63, 3.8) is 0 Å². The molecule has 4 rings (SSSR count). The number of hydrogen-bond acceptors (Lipinski definition) is 3. The standard InChI is InChI=1S/C26H26N2O2/c1-3-4-10-26(29)28-19-24(23-17-22(30-2)11-12-25(23)28)21-13-15-27(16-14-21)18-20-8-6-5-7-9-20/h1,5-9,11-13,17,19H,4,10,14-16,18H2,2H3. The van der Waals surface area contributed by atoms with Gasteiger partial charge in [-0.3, -0.25) is 14.3 Å². The van der Waals surface area contributed by atoms with E-state index in [1.165, 1.54) is 11.1 Å². The summed E-state index contributed by atoms with van der Waals surface area (Å²) in [6.45, 7) is 2.83. The third kappa shape index (κ3) is 4.17. The second kappa shape index (κ2) is 9.02. The molecule has 30 heavy (non-hydrogen) atoms. The predicted molar refractivity (Wildman–Crippen MR) is 121 cm³/mol. The second-order valence-electron chi connectivity index (χ2n) is 7.59. The minimum atomic E-state index is 0.0245. The fourth-order valence-corrected chi connectivity index (χ4v) is 4.04. The van der Waals surface area contributed by atoms with E-state index in [0.717, 1.165) is 48.3 Å². The minimum absolute atomic E-state index is 0.0245. The van der Waals surface area contributed by atoms with Gasteiger partial charge in [0.25, 0.3) is 0 Å². The van der Waals surface area contributed by atoms with Crippen molar-refractivity contribution in [3.8, 4) is 18.1 Å². The zero-order valence-electron chi connectivity index (χ0n) is 17.3. The number of hydrogen-bond donors (Lipinski definition) is 0. The molecule has 0 fully saturated rings. The second-order valence-corrected chi connectivity index (χ2v) is 7.59. The molecular weight excluding hydrogens is 372 g/mol. The Labute approximate surface area is 177 Å². The molecule has 2 aromatic carbocycles. The summed E-state index contributed by atoms with van der Waals surface area (Å²) < 4.78 is 7.18. The van der Waals surface area contributed by atoms with Gasteiger partial charge in [-0.1, -0.05) is 36.4 Å². The van der Waals surface area contributed by atoms with Crippen LogP contribution < -0.4 is 4.74 Å². The summed E-state index contributed by atoms with van der Waals surface area (Å²) in [5, 5.41) is 1.05. The number of carbonyl (C=O) groups excluding carboxylic acids is 1. The zero-order valence-corrected chi connectivity index (χ0v) is 17.3. The maximum absolute atomic E-state index is 12.7. The summed E-state index contributed by atoms with van der Waals surface area (Å²) in [5.41, 5.74) is 4.62. The van der Waals surface area contributed by atoms with Gasteiger partial charge in [0.1, 0.15) is 5.75 Å². The van der Waals surface area contributed by atoms with E-state index in [1.807, 2.05) is 30.5 Å². The number of ether oxygens (including phenoxy) is 1. The zero-order chi connectivity index (χ0) is 20.9. The van der Waals surface area contributed by atoms with Gasteiger partial charge in [0.05, 0.1) is 12.6 Å². The fourth-order valence-electron chi connectivity index (χ4n) is 4.04. The molecule has 1 aliphatic heterocycles. The number of fused-ring (bicyclic) bond motifs is 1. The van der Waals surface area contributed by atoms with Crippen LogP contribution in [-0.4, -0.2) is 35.6 Å². The Balaban J connectivity index is 1.63. The molecule has 0 bridgehead atoms. The van der Waals surface area contributed by atoms with Gasteiger partial charge >= 0.3 is 0 Å². The Morgan fingerprint density at radius 1 is 1.20 bits per heavy atom. The van der Waals surface area contributed by atoms with Gasteiger partial charge in [0.2, 0.25) is 5.91 Å². The van der Waals surface area contributed by atoms with Crippen molar-refractivity contribution < 1.29 is 9.53 Å². The molecule has 1 aliphatic rings. The van der Waals surface area contributed by atoms with Gasteiger partial charge in [-0.05, 0) is 35.8 Å². The summed E-state index contributed by atoms with van der Waals surface area (Å²) in [6, 6.07) is 16.4. The van der Waals surface area contributed by atoms with Crippen molar-refractivity contribution in [2.24, 2.45) is 0 Å². The van der Waals surface area contributed by atoms with Gasteiger partial charge < -0.3 is 4.74 Å². The topological polar surface area (TPSA) is 34.5 Å². The smallest absolute Gasteiger partial charge is 0.232 e. The van der Waals surface area contributed by atoms with Gasteiger partial charge in [0.15, 0.2) is 0 Å². The average Bonchev–Trinajstić information content (AvgIpc) is 3.17. The van der Waals surface area contributed by atoms with Crippen LogP contribution in [0, 0.1) is 12.3 Å². The lowest BCUT2D eigenvalue weighted by Crippen LogP contribution is -2.27. The molecule has 4 heteroatoms. The number of methoxy groups -OCH3 is 1. The molecule has 0 unspecified atom stereocenters. The van der Waals surface area contributed by atoms with Gasteiger partial charge in [-0.2, -0.15) is 0 Å². The number of benzene rings is 2. The SMILES string of the molecule is C#CCCC(=O)n1cc(C2=CCN(Cc3ccccc3)CC2)c2cc(OC)ccc21. The molecule has 0 spiro atoms. The molecule has 1 aromatic heterocycles. The Morgan fingerprint density at radius 3 is 2.73 bits per heavy atom. The van der Waals surface area contributed by atoms with Crippen molar-refractivity contribution in [2.45, 2.75) is 25.8 Å². The molecule has 0 atom stereocenters. The molecule has 2 heterocycles. The van der Waals surface area contributed by atoms with Crippen molar-refractivity contribution in [2.75, 3.05) is 20.2 Å². The summed E-state index contributed by atoms with van der Waals surface area (Å²) in [7, 11) is 1.66. The normalized spacial score (nSPS) is 14.3. The van der Waals surface area contributed by atoms with E-state index < -0.39 is 0 Å². The fraction of sp³-hybridized carbons (Fsp3) is 0.269. The van der Waals surface area contributed by atoms with Gasteiger partial charge in [-0.15, -0.1) is 12.3 Å². The quantitative estimate of drug-likeness (QED) is 0.549. The lowest BCUT2D eigenvalue weighted by Gasteiger charge is -2.26. The highest BCUT2D eigenvalue weighted by molar-refractivity contribution is 6.00. The molecule has 0 amide bonds. The Bertz CT molecular complexity index is 1120. The maximum Gasteiger partial charge on any atom is 0.232 e. The highest BCUT2D eigenvalue weighted by atomic mass is 16.5. The van der Waals surface area contributed by atoms with E-state index in [4.69, 9.17) is 11.2 Å². The average molecular weight is 399 g/mol. The van der Waals surface area contributed by atoms with E-state index in [0.29, 0.717) is 12.8 Å². The van der Waals surface area contributed by atoms with Gasteiger partial charge in [-0.25, -0.2) is 0 Å². The van der Waals surface area contributed by atoms with Crippen molar-refractivity contribution >= 4 is 22.4 Å². The first-order valence-electron chi connectivity index (χ1n) is 10.3. The minimum Gasteiger partial charge on any atom is -0.497 e. The first-order chi connectivity index (χ1) is 14.7.